The van der Waals surface area contributed by atoms with E-state index in [1.54, 1.807) is 0 Å². The van der Waals surface area contributed by atoms with Crippen molar-refractivity contribution in [1.29, 1.82) is 0 Å². The number of nitrogens with zero attached hydrogens (tertiary/aromatic N) is 1. The van der Waals surface area contributed by atoms with E-state index in [0.29, 0.717) is 6.10 Å². The average Bonchev–Trinajstić information content (AvgIpc) is 2.73. The monoisotopic (exact) mass is 226 g/mol. The van der Waals surface area contributed by atoms with Crippen LogP contribution in [0.1, 0.15) is 33.1 Å². The lowest BCUT2D eigenvalue weighted by atomic mass is 10.0. The third-order valence-corrected chi connectivity index (χ3v) is 3.68. The van der Waals surface area contributed by atoms with Crippen LogP contribution in [0.4, 0.5) is 0 Å². The molecule has 0 amide bonds. The number of nitrogens with one attached hydrogen (secondary N) is 1. The maximum Gasteiger partial charge on any atom is 0.0702 e. The molecule has 0 aromatic rings. The summed E-state index contributed by atoms with van der Waals surface area (Å²) < 4.78 is 5.75. The molecular formula is C13H26N2O. The summed E-state index contributed by atoms with van der Waals surface area (Å²) in [7, 11) is 0. The normalized spacial score (nSPS) is 32.4. The van der Waals surface area contributed by atoms with Gasteiger partial charge in [-0.1, -0.05) is 13.8 Å². The minimum absolute atomic E-state index is 0.507. The topological polar surface area (TPSA) is 24.5 Å². The molecule has 0 bridgehead atoms. The first-order chi connectivity index (χ1) is 7.75. The molecule has 2 saturated heterocycles. The fraction of sp³-hybridized carbons (Fsp3) is 1.00. The molecule has 0 aromatic carbocycles. The zero-order valence-electron chi connectivity index (χ0n) is 10.7. The molecule has 0 aliphatic carbocycles. The largest absolute Gasteiger partial charge is 0.377 e. The molecule has 2 aliphatic heterocycles. The molecule has 2 unspecified atom stereocenters. The van der Waals surface area contributed by atoms with Crippen molar-refractivity contribution >= 4 is 0 Å². The number of hydrogen-bond donors (Lipinski definition) is 1. The summed E-state index contributed by atoms with van der Waals surface area (Å²) in [5.41, 5.74) is 0. The average molecular weight is 226 g/mol. The second kappa shape index (κ2) is 5.99. The van der Waals surface area contributed by atoms with Gasteiger partial charge in [0, 0.05) is 38.8 Å². The molecule has 0 radical (unpaired) electrons. The number of piperazine rings is 1. The van der Waals surface area contributed by atoms with Gasteiger partial charge in [-0.15, -0.1) is 0 Å². The van der Waals surface area contributed by atoms with Gasteiger partial charge >= 0.3 is 0 Å². The van der Waals surface area contributed by atoms with Gasteiger partial charge in [-0.2, -0.15) is 0 Å². The predicted octanol–water partition coefficient (Wildman–Crippen LogP) is 1.49. The first kappa shape index (κ1) is 12.3. The maximum atomic E-state index is 5.75. The highest BCUT2D eigenvalue weighted by molar-refractivity contribution is 4.83. The van der Waals surface area contributed by atoms with Gasteiger partial charge in [0.15, 0.2) is 0 Å². The maximum absolute atomic E-state index is 5.75. The Balaban J connectivity index is 1.83. The second-order valence-corrected chi connectivity index (χ2v) is 5.62. The molecule has 2 aliphatic rings. The Hall–Kier alpha value is -0.120. The molecule has 2 heterocycles. The van der Waals surface area contributed by atoms with Crippen LogP contribution in [-0.2, 0) is 4.74 Å². The molecule has 2 fully saturated rings. The molecular weight excluding hydrogens is 200 g/mol. The Morgan fingerprint density at radius 1 is 1.44 bits per heavy atom. The molecule has 0 saturated carbocycles. The van der Waals surface area contributed by atoms with E-state index in [1.165, 1.54) is 25.8 Å². The van der Waals surface area contributed by atoms with E-state index >= 15 is 0 Å². The molecule has 16 heavy (non-hydrogen) atoms. The van der Waals surface area contributed by atoms with Crippen LogP contribution in [0.5, 0.6) is 0 Å². The highest BCUT2D eigenvalue weighted by Crippen LogP contribution is 2.18. The highest BCUT2D eigenvalue weighted by atomic mass is 16.5. The van der Waals surface area contributed by atoms with Crippen LogP contribution in [0, 0.1) is 5.92 Å². The third kappa shape index (κ3) is 3.44. The van der Waals surface area contributed by atoms with Gasteiger partial charge in [-0.3, -0.25) is 4.90 Å². The summed E-state index contributed by atoms with van der Waals surface area (Å²) in [5.74, 6) is 0.789. The second-order valence-electron chi connectivity index (χ2n) is 5.62. The van der Waals surface area contributed by atoms with Gasteiger partial charge in [-0.05, 0) is 25.2 Å². The van der Waals surface area contributed by atoms with E-state index in [-0.39, 0.29) is 0 Å². The molecule has 2 rings (SSSR count). The fourth-order valence-electron chi connectivity index (χ4n) is 2.87. The Kier molecular flexibility index (Phi) is 4.62. The van der Waals surface area contributed by atoms with Crippen LogP contribution in [-0.4, -0.2) is 49.8 Å². The summed E-state index contributed by atoms with van der Waals surface area (Å²) >= 11 is 0. The summed E-state index contributed by atoms with van der Waals surface area (Å²) in [5, 5.41) is 3.51. The van der Waals surface area contributed by atoms with E-state index in [0.717, 1.165) is 38.2 Å². The minimum atomic E-state index is 0.507. The number of hydrogen-bond acceptors (Lipinski definition) is 3. The Morgan fingerprint density at radius 2 is 2.31 bits per heavy atom. The summed E-state index contributed by atoms with van der Waals surface area (Å²) in [6, 6.07) is 0.720. The van der Waals surface area contributed by atoms with Crippen LogP contribution in [0.2, 0.25) is 0 Å². The van der Waals surface area contributed by atoms with E-state index in [9.17, 15) is 0 Å². The smallest absolute Gasteiger partial charge is 0.0702 e. The molecule has 0 aromatic heterocycles. The van der Waals surface area contributed by atoms with Crippen LogP contribution in [0.15, 0.2) is 0 Å². The standard InChI is InChI=1S/C13H26N2O/c1-11(2)8-12-9-14-5-6-15(12)10-13-4-3-7-16-13/h11-14H,3-10H2,1-2H3. The lowest BCUT2D eigenvalue weighted by molar-refractivity contribution is 0.0438. The van der Waals surface area contributed by atoms with Crippen molar-refractivity contribution in [2.24, 2.45) is 5.92 Å². The SMILES string of the molecule is CC(C)CC1CNCCN1CC1CCCO1. The van der Waals surface area contributed by atoms with Gasteiger partial charge in [0.2, 0.25) is 0 Å². The van der Waals surface area contributed by atoms with E-state index < -0.39 is 0 Å². The number of ether oxygens (including phenoxy) is 1. The lowest BCUT2D eigenvalue weighted by Crippen LogP contribution is -2.53. The zero-order valence-corrected chi connectivity index (χ0v) is 10.7. The quantitative estimate of drug-likeness (QED) is 0.786. The van der Waals surface area contributed by atoms with Crippen LogP contribution in [0.3, 0.4) is 0 Å². The zero-order chi connectivity index (χ0) is 11.4. The molecule has 3 nitrogen and oxygen atoms in total. The van der Waals surface area contributed by atoms with E-state index in [2.05, 4.69) is 24.1 Å². The van der Waals surface area contributed by atoms with E-state index in [1.807, 2.05) is 0 Å². The highest BCUT2D eigenvalue weighted by Gasteiger charge is 2.26. The number of rotatable bonds is 4. The summed E-state index contributed by atoms with van der Waals surface area (Å²) in [6.45, 7) is 10.3. The van der Waals surface area contributed by atoms with Crippen molar-refractivity contribution in [3.05, 3.63) is 0 Å². The molecule has 2 atom stereocenters. The molecule has 1 N–H and O–H groups in total. The first-order valence-electron chi connectivity index (χ1n) is 6.82. The van der Waals surface area contributed by atoms with Gasteiger partial charge in [-0.25, -0.2) is 0 Å². The molecule has 94 valence electrons. The van der Waals surface area contributed by atoms with Gasteiger partial charge in [0.25, 0.3) is 0 Å². The van der Waals surface area contributed by atoms with Crippen LogP contribution in [0.25, 0.3) is 0 Å². The Morgan fingerprint density at radius 3 is 3.00 bits per heavy atom. The van der Waals surface area contributed by atoms with Crippen molar-refractivity contribution < 1.29 is 4.74 Å². The van der Waals surface area contributed by atoms with E-state index in [4.69, 9.17) is 4.74 Å². The summed E-state index contributed by atoms with van der Waals surface area (Å²) in [6.07, 6.45) is 4.33. The van der Waals surface area contributed by atoms with Crippen molar-refractivity contribution in [1.82, 2.24) is 10.2 Å². The predicted molar refractivity (Wildman–Crippen MR) is 66.7 cm³/mol. The lowest BCUT2D eigenvalue weighted by Gasteiger charge is -2.38. The summed E-state index contributed by atoms with van der Waals surface area (Å²) in [4.78, 5) is 2.65. The van der Waals surface area contributed by atoms with Crippen molar-refractivity contribution in [2.45, 2.75) is 45.3 Å². The fourth-order valence-corrected chi connectivity index (χ4v) is 2.87. The molecule has 0 spiro atoms. The third-order valence-electron chi connectivity index (χ3n) is 3.68. The minimum Gasteiger partial charge on any atom is -0.377 e. The van der Waals surface area contributed by atoms with Gasteiger partial charge in [0.05, 0.1) is 6.10 Å². The van der Waals surface area contributed by atoms with Crippen LogP contribution < -0.4 is 5.32 Å². The van der Waals surface area contributed by atoms with Crippen molar-refractivity contribution in [2.75, 3.05) is 32.8 Å². The first-order valence-corrected chi connectivity index (χ1v) is 6.82. The van der Waals surface area contributed by atoms with Gasteiger partial charge in [0.1, 0.15) is 0 Å². The molecule has 3 heteroatoms. The van der Waals surface area contributed by atoms with Crippen molar-refractivity contribution in [3.8, 4) is 0 Å². The Labute approximate surface area is 99.5 Å². The Bertz CT molecular complexity index is 202. The van der Waals surface area contributed by atoms with Crippen LogP contribution >= 0.6 is 0 Å². The van der Waals surface area contributed by atoms with Crippen molar-refractivity contribution in [3.63, 3.8) is 0 Å². The van der Waals surface area contributed by atoms with Gasteiger partial charge < -0.3 is 10.1 Å².